The first-order valence-electron chi connectivity index (χ1n) is 8.14. The Bertz CT molecular complexity index is 715. The normalized spacial score (nSPS) is 26.0. The van der Waals surface area contributed by atoms with Crippen molar-refractivity contribution >= 4 is 32.9 Å². The average Bonchev–Trinajstić information content (AvgIpc) is 2.87. The summed E-state index contributed by atoms with van der Waals surface area (Å²) < 4.78 is 24.1. The van der Waals surface area contributed by atoms with Gasteiger partial charge < -0.3 is 10.2 Å². The van der Waals surface area contributed by atoms with Gasteiger partial charge in [0.05, 0.1) is 29.3 Å². The van der Waals surface area contributed by atoms with Gasteiger partial charge >= 0.3 is 0 Å². The molecule has 6 heteroatoms. The Balaban J connectivity index is 2.15. The summed E-state index contributed by atoms with van der Waals surface area (Å²) in [6, 6.07) is 6.16. The molecule has 23 heavy (non-hydrogen) atoms. The highest BCUT2D eigenvalue weighted by atomic mass is 32.2. The number of thiocarbonyl (C=S) groups is 1. The summed E-state index contributed by atoms with van der Waals surface area (Å²) in [6.45, 7) is 8.66. The molecule has 2 fully saturated rings. The van der Waals surface area contributed by atoms with Crippen LogP contribution in [-0.4, -0.2) is 37.1 Å². The molecule has 126 valence electrons. The summed E-state index contributed by atoms with van der Waals surface area (Å²) in [7, 11) is -3.00. The fourth-order valence-corrected chi connectivity index (χ4v) is 5.93. The lowest BCUT2D eigenvalue weighted by atomic mass is 9.91. The molecule has 1 aromatic carbocycles. The van der Waals surface area contributed by atoms with Crippen molar-refractivity contribution in [2.75, 3.05) is 16.4 Å². The van der Waals surface area contributed by atoms with Crippen LogP contribution in [0.15, 0.2) is 18.2 Å². The van der Waals surface area contributed by atoms with E-state index in [2.05, 4.69) is 56.1 Å². The van der Waals surface area contributed by atoms with E-state index in [9.17, 15) is 8.42 Å². The van der Waals surface area contributed by atoms with E-state index in [4.69, 9.17) is 12.2 Å². The number of hydrogen-bond donors (Lipinski definition) is 1. The van der Waals surface area contributed by atoms with Crippen LogP contribution in [0.5, 0.6) is 0 Å². The Hall–Kier alpha value is -1.14. The molecule has 0 spiro atoms. The number of sulfone groups is 1. The van der Waals surface area contributed by atoms with Gasteiger partial charge in [-0.25, -0.2) is 8.42 Å². The third-order valence-corrected chi connectivity index (χ3v) is 6.80. The third-order valence-electron chi connectivity index (χ3n) is 4.77. The van der Waals surface area contributed by atoms with E-state index in [0.717, 1.165) is 5.69 Å². The first-order chi connectivity index (χ1) is 10.7. The van der Waals surface area contributed by atoms with Gasteiger partial charge in [0.15, 0.2) is 14.9 Å². The molecular weight excluding hydrogens is 328 g/mol. The number of fused-ring (bicyclic) bond motifs is 1. The highest BCUT2D eigenvalue weighted by Gasteiger charge is 2.48. The van der Waals surface area contributed by atoms with E-state index < -0.39 is 9.84 Å². The van der Waals surface area contributed by atoms with Crippen LogP contribution < -0.4 is 10.2 Å². The second-order valence-electron chi connectivity index (χ2n) is 7.16. The van der Waals surface area contributed by atoms with Crippen LogP contribution in [0.2, 0.25) is 0 Å². The molecule has 0 unspecified atom stereocenters. The highest BCUT2D eigenvalue weighted by Crippen LogP contribution is 2.39. The van der Waals surface area contributed by atoms with Crippen LogP contribution in [0, 0.1) is 0 Å². The number of rotatable bonds is 3. The van der Waals surface area contributed by atoms with Crippen LogP contribution in [0.4, 0.5) is 5.69 Å². The van der Waals surface area contributed by atoms with E-state index in [-0.39, 0.29) is 23.6 Å². The molecule has 2 heterocycles. The van der Waals surface area contributed by atoms with Crippen LogP contribution in [0.1, 0.15) is 50.7 Å². The largest absolute Gasteiger partial charge is 0.356 e. The van der Waals surface area contributed by atoms with Gasteiger partial charge in [0.1, 0.15) is 0 Å². The van der Waals surface area contributed by atoms with Gasteiger partial charge in [0.2, 0.25) is 0 Å². The number of benzene rings is 1. The topological polar surface area (TPSA) is 49.4 Å². The zero-order chi connectivity index (χ0) is 16.9. The molecule has 2 aliphatic heterocycles. The maximum Gasteiger partial charge on any atom is 0.174 e. The summed E-state index contributed by atoms with van der Waals surface area (Å²) in [5.41, 5.74) is 3.56. The molecule has 0 aliphatic carbocycles. The zero-order valence-electron chi connectivity index (χ0n) is 14.0. The fourth-order valence-electron chi connectivity index (χ4n) is 3.66. The van der Waals surface area contributed by atoms with Gasteiger partial charge in [-0.1, -0.05) is 45.9 Å². The summed E-state index contributed by atoms with van der Waals surface area (Å²) in [6.07, 6.45) is 0. The van der Waals surface area contributed by atoms with Gasteiger partial charge in [-0.05, 0) is 35.2 Å². The molecule has 2 aliphatic rings. The second-order valence-corrected chi connectivity index (χ2v) is 9.71. The van der Waals surface area contributed by atoms with Crippen molar-refractivity contribution in [1.82, 2.24) is 5.32 Å². The van der Waals surface area contributed by atoms with Gasteiger partial charge in [-0.2, -0.15) is 0 Å². The molecule has 0 aromatic heterocycles. The predicted molar refractivity (Wildman–Crippen MR) is 99.1 cm³/mol. The first kappa shape index (κ1) is 16.7. The van der Waals surface area contributed by atoms with Gasteiger partial charge in [-0.15, -0.1) is 0 Å². The van der Waals surface area contributed by atoms with Crippen LogP contribution in [0.25, 0.3) is 0 Å². The van der Waals surface area contributed by atoms with Crippen molar-refractivity contribution in [2.45, 2.75) is 51.6 Å². The minimum absolute atomic E-state index is 0.0901. The van der Waals surface area contributed by atoms with Crippen molar-refractivity contribution < 1.29 is 8.42 Å². The van der Waals surface area contributed by atoms with Crippen LogP contribution in [0.3, 0.4) is 0 Å². The minimum Gasteiger partial charge on any atom is -0.356 e. The van der Waals surface area contributed by atoms with E-state index in [1.54, 1.807) is 0 Å². The maximum atomic E-state index is 12.1. The van der Waals surface area contributed by atoms with E-state index in [1.165, 1.54) is 11.1 Å². The summed E-state index contributed by atoms with van der Waals surface area (Å²) >= 11 is 5.56. The number of nitrogens with one attached hydrogen (secondary N) is 1. The summed E-state index contributed by atoms with van der Waals surface area (Å²) in [5, 5.41) is 3.89. The SMILES string of the molecule is CC(C)c1cccc(C(C)C)c1N1C(=S)N[C@@H]2CS(=O)(=O)C[C@@H]21. The molecule has 2 saturated heterocycles. The molecule has 1 N–H and O–H groups in total. The molecular formula is C17H24N2O2S2. The van der Waals surface area contributed by atoms with Crippen molar-refractivity contribution in [2.24, 2.45) is 0 Å². The van der Waals surface area contributed by atoms with E-state index in [0.29, 0.717) is 16.9 Å². The minimum atomic E-state index is -3.00. The van der Waals surface area contributed by atoms with Crippen LogP contribution in [-0.2, 0) is 9.84 Å². The zero-order valence-corrected chi connectivity index (χ0v) is 15.7. The highest BCUT2D eigenvalue weighted by molar-refractivity contribution is 7.91. The van der Waals surface area contributed by atoms with Crippen molar-refractivity contribution in [1.29, 1.82) is 0 Å². The Morgan fingerprint density at radius 3 is 2.22 bits per heavy atom. The molecule has 3 rings (SSSR count). The van der Waals surface area contributed by atoms with Crippen molar-refractivity contribution in [3.05, 3.63) is 29.3 Å². The smallest absolute Gasteiger partial charge is 0.174 e. The lowest BCUT2D eigenvalue weighted by Gasteiger charge is -2.30. The van der Waals surface area contributed by atoms with E-state index in [1.807, 2.05) is 0 Å². The van der Waals surface area contributed by atoms with Gasteiger partial charge in [0.25, 0.3) is 0 Å². The summed E-state index contributed by atoms with van der Waals surface area (Å²) in [4.78, 5) is 2.08. The number of para-hydroxylation sites is 1. The van der Waals surface area contributed by atoms with Crippen molar-refractivity contribution in [3.8, 4) is 0 Å². The number of nitrogens with zero attached hydrogens (tertiary/aromatic N) is 1. The Morgan fingerprint density at radius 2 is 1.70 bits per heavy atom. The standard InChI is InChI=1S/C17H24N2O2S2/c1-10(2)12-6-5-7-13(11(3)4)16(12)19-15-9-23(20,21)8-14(15)18-17(19)22/h5-7,10-11,14-15H,8-9H2,1-4H3,(H,18,22)/t14-,15+/m1/s1. The predicted octanol–water partition coefficient (Wildman–Crippen LogP) is 2.79. The average molecular weight is 353 g/mol. The lowest BCUT2D eigenvalue weighted by molar-refractivity contribution is 0.600. The first-order valence-corrected chi connectivity index (χ1v) is 10.4. The molecule has 4 nitrogen and oxygen atoms in total. The van der Waals surface area contributed by atoms with Gasteiger partial charge in [-0.3, -0.25) is 0 Å². The number of hydrogen-bond acceptors (Lipinski definition) is 3. The second kappa shape index (κ2) is 5.74. The lowest BCUT2D eigenvalue weighted by Crippen LogP contribution is -2.38. The van der Waals surface area contributed by atoms with Crippen molar-refractivity contribution in [3.63, 3.8) is 0 Å². The van der Waals surface area contributed by atoms with Crippen LogP contribution >= 0.6 is 12.2 Å². The third kappa shape index (κ3) is 2.87. The molecule has 0 amide bonds. The molecule has 2 atom stereocenters. The molecule has 1 aromatic rings. The molecule has 0 radical (unpaired) electrons. The Labute approximate surface area is 144 Å². The maximum absolute atomic E-state index is 12.1. The quantitative estimate of drug-likeness (QED) is 0.848. The monoisotopic (exact) mass is 352 g/mol. The molecule has 0 bridgehead atoms. The van der Waals surface area contributed by atoms with Gasteiger partial charge in [0, 0.05) is 0 Å². The Kier molecular flexibility index (Phi) is 4.17. The van der Waals surface area contributed by atoms with E-state index >= 15 is 0 Å². The Morgan fingerprint density at radius 1 is 1.13 bits per heavy atom. The molecule has 0 saturated carbocycles. The number of anilines is 1. The fraction of sp³-hybridized carbons (Fsp3) is 0.588. The summed E-state index contributed by atoms with van der Waals surface area (Å²) in [5.74, 6) is 1.05.